The van der Waals surface area contributed by atoms with E-state index in [0.29, 0.717) is 11.7 Å². The summed E-state index contributed by atoms with van der Waals surface area (Å²) >= 11 is 1.26. The molecule has 0 radical (unpaired) electrons. The van der Waals surface area contributed by atoms with Gasteiger partial charge in [-0.3, -0.25) is 9.59 Å². The summed E-state index contributed by atoms with van der Waals surface area (Å²) in [5.41, 5.74) is 1.84. The van der Waals surface area contributed by atoms with E-state index in [-0.39, 0.29) is 24.0 Å². The first-order valence-corrected chi connectivity index (χ1v) is 8.15. The number of aromatic nitrogens is 2. The summed E-state index contributed by atoms with van der Waals surface area (Å²) < 4.78 is 0. The quantitative estimate of drug-likeness (QED) is 0.599. The van der Waals surface area contributed by atoms with Gasteiger partial charge >= 0.3 is 0 Å². The topological polar surface area (TPSA) is 84.0 Å². The van der Waals surface area contributed by atoms with Gasteiger partial charge in [0.2, 0.25) is 11.8 Å². The van der Waals surface area contributed by atoms with Crippen LogP contribution in [0.25, 0.3) is 0 Å². The third kappa shape index (κ3) is 6.48. The average molecular weight is 330 g/mol. The van der Waals surface area contributed by atoms with Crippen molar-refractivity contribution < 1.29 is 9.59 Å². The van der Waals surface area contributed by atoms with E-state index in [9.17, 15) is 9.59 Å². The Morgan fingerprint density at radius 3 is 2.65 bits per heavy atom. The summed E-state index contributed by atoms with van der Waals surface area (Å²) in [6.07, 6.45) is 3.48. The monoisotopic (exact) mass is 330 g/mol. The maximum atomic E-state index is 11.8. The number of nitrogens with one attached hydrogen (secondary N) is 2. The third-order valence-electron chi connectivity index (χ3n) is 2.85. The summed E-state index contributed by atoms with van der Waals surface area (Å²) in [5.74, 6) is -0.0514. The molecule has 2 N–H and O–H groups in total. The lowest BCUT2D eigenvalue weighted by atomic mass is 10.2. The molecule has 2 rings (SSSR count). The Bertz CT molecular complexity index is 664. The van der Waals surface area contributed by atoms with Gasteiger partial charge in [0.15, 0.2) is 5.16 Å². The third-order valence-corrected chi connectivity index (χ3v) is 3.73. The minimum Gasteiger partial charge on any atom is -0.355 e. The number of anilines is 1. The standard InChI is InChI=1S/C16H18N4O2S/c1-12-4-2-5-13(10-12)20-14(21)6-9-17-15(22)11-23-16-18-7-3-8-19-16/h2-5,7-8,10H,6,9,11H2,1H3,(H,17,22)(H,20,21). The molecule has 0 saturated heterocycles. The normalized spacial score (nSPS) is 10.1. The van der Waals surface area contributed by atoms with Crippen LogP contribution in [-0.4, -0.2) is 34.1 Å². The van der Waals surface area contributed by atoms with Crippen LogP contribution in [0.15, 0.2) is 47.9 Å². The second-order valence-electron chi connectivity index (χ2n) is 4.84. The van der Waals surface area contributed by atoms with E-state index >= 15 is 0 Å². The zero-order chi connectivity index (χ0) is 16.5. The lowest BCUT2D eigenvalue weighted by Crippen LogP contribution is -2.29. The summed E-state index contributed by atoms with van der Waals surface area (Å²) in [7, 11) is 0. The number of aryl methyl sites for hydroxylation is 1. The highest BCUT2D eigenvalue weighted by Gasteiger charge is 2.06. The molecule has 0 bridgehead atoms. The Morgan fingerprint density at radius 2 is 1.91 bits per heavy atom. The number of hydrogen-bond acceptors (Lipinski definition) is 5. The molecular formula is C16H18N4O2S. The highest BCUT2D eigenvalue weighted by Crippen LogP contribution is 2.10. The van der Waals surface area contributed by atoms with Gasteiger partial charge < -0.3 is 10.6 Å². The van der Waals surface area contributed by atoms with Gasteiger partial charge in [0.25, 0.3) is 0 Å². The summed E-state index contributed by atoms with van der Waals surface area (Å²) in [6.45, 7) is 2.26. The number of nitrogens with zero attached hydrogens (tertiary/aromatic N) is 2. The first kappa shape index (κ1) is 17.0. The molecule has 0 spiro atoms. The summed E-state index contributed by atoms with van der Waals surface area (Å²) in [6, 6.07) is 9.30. The fraction of sp³-hybridized carbons (Fsp3) is 0.250. The van der Waals surface area contributed by atoms with Crippen molar-refractivity contribution in [3.05, 3.63) is 48.3 Å². The van der Waals surface area contributed by atoms with E-state index in [0.717, 1.165) is 11.3 Å². The Balaban J connectivity index is 1.64. The highest BCUT2D eigenvalue weighted by molar-refractivity contribution is 7.99. The predicted octanol–water partition coefficient (Wildman–Crippen LogP) is 2.02. The van der Waals surface area contributed by atoms with E-state index in [4.69, 9.17) is 0 Å². The van der Waals surface area contributed by atoms with Gasteiger partial charge in [-0.2, -0.15) is 0 Å². The van der Waals surface area contributed by atoms with Crippen LogP contribution in [0, 0.1) is 6.92 Å². The lowest BCUT2D eigenvalue weighted by Gasteiger charge is -2.07. The molecule has 1 aromatic carbocycles. The van der Waals surface area contributed by atoms with Gasteiger partial charge in [0.05, 0.1) is 5.75 Å². The van der Waals surface area contributed by atoms with Gasteiger partial charge in [0.1, 0.15) is 0 Å². The number of benzene rings is 1. The second-order valence-corrected chi connectivity index (χ2v) is 5.78. The van der Waals surface area contributed by atoms with Crippen molar-refractivity contribution in [2.24, 2.45) is 0 Å². The van der Waals surface area contributed by atoms with Crippen molar-refractivity contribution in [1.82, 2.24) is 15.3 Å². The molecule has 23 heavy (non-hydrogen) atoms. The minimum atomic E-state index is -0.147. The van der Waals surface area contributed by atoms with Crippen LogP contribution in [0.5, 0.6) is 0 Å². The van der Waals surface area contributed by atoms with Crippen LogP contribution in [0.4, 0.5) is 5.69 Å². The number of carbonyl (C=O) groups excluding carboxylic acids is 2. The number of carbonyl (C=O) groups is 2. The van der Waals surface area contributed by atoms with Gasteiger partial charge in [0, 0.05) is 31.0 Å². The van der Waals surface area contributed by atoms with Crippen LogP contribution in [0.1, 0.15) is 12.0 Å². The maximum absolute atomic E-state index is 11.8. The molecule has 0 unspecified atom stereocenters. The SMILES string of the molecule is Cc1cccc(NC(=O)CCNC(=O)CSc2ncccn2)c1. The lowest BCUT2D eigenvalue weighted by molar-refractivity contribution is -0.119. The smallest absolute Gasteiger partial charge is 0.230 e. The van der Waals surface area contributed by atoms with E-state index in [1.54, 1.807) is 18.5 Å². The van der Waals surface area contributed by atoms with E-state index in [1.165, 1.54) is 11.8 Å². The van der Waals surface area contributed by atoms with Crippen LogP contribution in [0.3, 0.4) is 0 Å². The van der Waals surface area contributed by atoms with Crippen molar-refractivity contribution in [2.45, 2.75) is 18.5 Å². The molecule has 1 aromatic heterocycles. The molecule has 0 atom stereocenters. The van der Waals surface area contributed by atoms with Crippen molar-refractivity contribution in [3.8, 4) is 0 Å². The minimum absolute atomic E-state index is 0.130. The molecule has 2 aromatic rings. The van der Waals surface area contributed by atoms with Crippen molar-refractivity contribution in [2.75, 3.05) is 17.6 Å². The van der Waals surface area contributed by atoms with Crippen LogP contribution >= 0.6 is 11.8 Å². The molecule has 0 aliphatic carbocycles. The first-order valence-electron chi connectivity index (χ1n) is 7.16. The van der Waals surface area contributed by atoms with Gasteiger partial charge in [-0.1, -0.05) is 23.9 Å². The largest absolute Gasteiger partial charge is 0.355 e. The fourth-order valence-electron chi connectivity index (χ4n) is 1.80. The molecule has 0 fully saturated rings. The molecule has 0 aliphatic rings. The van der Waals surface area contributed by atoms with Crippen LogP contribution in [-0.2, 0) is 9.59 Å². The molecule has 1 heterocycles. The zero-order valence-corrected chi connectivity index (χ0v) is 13.6. The molecule has 6 nitrogen and oxygen atoms in total. The van der Waals surface area contributed by atoms with Crippen molar-refractivity contribution in [1.29, 1.82) is 0 Å². The van der Waals surface area contributed by atoms with E-state index < -0.39 is 0 Å². The molecule has 7 heteroatoms. The zero-order valence-electron chi connectivity index (χ0n) is 12.8. The number of rotatable bonds is 7. The average Bonchev–Trinajstić information content (AvgIpc) is 2.54. The van der Waals surface area contributed by atoms with Gasteiger partial charge in [-0.25, -0.2) is 9.97 Å². The Morgan fingerprint density at radius 1 is 1.13 bits per heavy atom. The molecule has 120 valence electrons. The van der Waals surface area contributed by atoms with Gasteiger partial charge in [-0.15, -0.1) is 0 Å². The maximum Gasteiger partial charge on any atom is 0.230 e. The van der Waals surface area contributed by atoms with E-state index in [2.05, 4.69) is 20.6 Å². The number of amides is 2. The number of hydrogen-bond donors (Lipinski definition) is 2. The molecule has 0 aliphatic heterocycles. The predicted molar refractivity (Wildman–Crippen MR) is 90.2 cm³/mol. The van der Waals surface area contributed by atoms with Gasteiger partial charge in [-0.05, 0) is 30.7 Å². The van der Waals surface area contributed by atoms with E-state index in [1.807, 2.05) is 31.2 Å². The molecule has 2 amide bonds. The van der Waals surface area contributed by atoms with Crippen molar-refractivity contribution in [3.63, 3.8) is 0 Å². The highest BCUT2D eigenvalue weighted by atomic mass is 32.2. The Labute approximate surface area is 139 Å². The van der Waals surface area contributed by atoms with Crippen LogP contribution in [0.2, 0.25) is 0 Å². The summed E-state index contributed by atoms with van der Waals surface area (Å²) in [4.78, 5) is 31.5. The Hall–Kier alpha value is -2.41. The Kier molecular flexibility index (Phi) is 6.56. The summed E-state index contributed by atoms with van der Waals surface area (Å²) in [5, 5.41) is 6.06. The molecular weight excluding hydrogens is 312 g/mol. The molecule has 0 saturated carbocycles. The second kappa shape index (κ2) is 8.89. The van der Waals surface area contributed by atoms with Crippen molar-refractivity contribution >= 4 is 29.3 Å². The van der Waals surface area contributed by atoms with Crippen LogP contribution < -0.4 is 10.6 Å². The number of thioether (sulfide) groups is 1. The first-order chi connectivity index (χ1) is 11.1. The fourth-order valence-corrected chi connectivity index (χ4v) is 2.44.